The van der Waals surface area contributed by atoms with Gasteiger partial charge in [0, 0.05) is 46.9 Å². The third kappa shape index (κ3) is 4.85. The Morgan fingerprint density at radius 1 is 1.18 bits per heavy atom. The van der Waals surface area contributed by atoms with Crippen LogP contribution in [0.5, 0.6) is 0 Å². The number of amides is 2. The Morgan fingerprint density at radius 3 is 2.36 bits per heavy atom. The summed E-state index contributed by atoms with van der Waals surface area (Å²) in [7, 11) is 5.45. The summed E-state index contributed by atoms with van der Waals surface area (Å²) >= 11 is 0. The van der Waals surface area contributed by atoms with E-state index in [1.165, 1.54) is 4.90 Å². The van der Waals surface area contributed by atoms with Gasteiger partial charge in [0.1, 0.15) is 0 Å². The Bertz CT molecular complexity index is 597. The first kappa shape index (κ1) is 23.1. The van der Waals surface area contributed by atoms with Crippen LogP contribution in [-0.4, -0.2) is 88.1 Å². The van der Waals surface area contributed by atoms with Crippen LogP contribution in [0.2, 0.25) is 0 Å². The highest BCUT2D eigenvalue weighted by molar-refractivity contribution is 14.0. The molecule has 2 bridgehead atoms. The zero-order valence-corrected chi connectivity index (χ0v) is 19.2. The van der Waals surface area contributed by atoms with E-state index in [2.05, 4.69) is 32.7 Å². The van der Waals surface area contributed by atoms with E-state index in [1.54, 1.807) is 14.2 Å². The molecule has 28 heavy (non-hydrogen) atoms. The molecule has 0 aromatic heterocycles. The SMILES string of the molecule is CN=C(NCCN(C)CCOC)NCCN1C(=O)C2C3C=CC(C3)C2C1=O.I. The summed E-state index contributed by atoms with van der Waals surface area (Å²) in [5.41, 5.74) is 0. The number of guanidine groups is 1. The molecule has 1 saturated heterocycles. The molecule has 2 N–H and O–H groups in total. The summed E-state index contributed by atoms with van der Waals surface area (Å²) in [6.07, 6.45) is 5.21. The quantitative estimate of drug-likeness (QED) is 0.153. The van der Waals surface area contributed by atoms with Gasteiger partial charge in [0.2, 0.25) is 11.8 Å². The molecule has 3 rings (SSSR count). The number of fused-ring (bicyclic) bond motifs is 5. The van der Waals surface area contributed by atoms with E-state index in [9.17, 15) is 9.59 Å². The molecule has 0 radical (unpaired) electrons. The smallest absolute Gasteiger partial charge is 0.233 e. The number of hydrogen-bond acceptors (Lipinski definition) is 5. The van der Waals surface area contributed by atoms with Crippen LogP contribution in [0.15, 0.2) is 17.1 Å². The Kier molecular flexibility index (Phi) is 8.69. The van der Waals surface area contributed by atoms with Crippen LogP contribution >= 0.6 is 24.0 Å². The van der Waals surface area contributed by atoms with Crippen LogP contribution in [-0.2, 0) is 14.3 Å². The number of halogens is 1. The highest BCUT2D eigenvalue weighted by Gasteiger charge is 2.58. The number of likely N-dealkylation sites (N-methyl/N-ethyl adjacent to an activating group) is 1. The first-order valence-electron chi connectivity index (χ1n) is 9.72. The summed E-state index contributed by atoms with van der Waals surface area (Å²) in [4.78, 5) is 33.1. The van der Waals surface area contributed by atoms with Gasteiger partial charge >= 0.3 is 0 Å². The summed E-state index contributed by atoms with van der Waals surface area (Å²) in [5, 5.41) is 6.44. The molecular weight excluding hydrogens is 473 g/mol. The van der Waals surface area contributed by atoms with Crippen LogP contribution < -0.4 is 10.6 Å². The van der Waals surface area contributed by atoms with Gasteiger partial charge in [0.15, 0.2) is 5.96 Å². The average Bonchev–Trinajstić information content (AvgIpc) is 3.34. The van der Waals surface area contributed by atoms with E-state index in [-0.39, 0.29) is 59.5 Å². The third-order valence-electron chi connectivity index (χ3n) is 5.88. The zero-order valence-electron chi connectivity index (χ0n) is 16.9. The van der Waals surface area contributed by atoms with Crippen molar-refractivity contribution in [3.8, 4) is 0 Å². The van der Waals surface area contributed by atoms with Gasteiger partial charge in [-0.15, -0.1) is 24.0 Å². The average molecular weight is 505 g/mol. The number of carbonyl (C=O) groups is 2. The number of nitrogens with one attached hydrogen (secondary N) is 2. The minimum absolute atomic E-state index is 0. The third-order valence-corrected chi connectivity index (χ3v) is 5.88. The largest absolute Gasteiger partial charge is 0.383 e. The fourth-order valence-corrected chi connectivity index (χ4v) is 4.42. The number of imide groups is 1. The van der Waals surface area contributed by atoms with Gasteiger partial charge in [-0.3, -0.25) is 19.5 Å². The second-order valence-corrected chi connectivity index (χ2v) is 7.55. The van der Waals surface area contributed by atoms with Gasteiger partial charge in [-0.05, 0) is 25.3 Å². The number of allylic oxidation sites excluding steroid dienone is 2. The van der Waals surface area contributed by atoms with Crippen molar-refractivity contribution in [1.29, 1.82) is 0 Å². The first-order valence-corrected chi connectivity index (χ1v) is 9.72. The minimum Gasteiger partial charge on any atom is -0.383 e. The maximum atomic E-state index is 12.6. The van der Waals surface area contributed by atoms with Crippen molar-refractivity contribution in [3.63, 3.8) is 0 Å². The zero-order chi connectivity index (χ0) is 19.4. The monoisotopic (exact) mass is 505 g/mol. The molecule has 1 heterocycles. The van der Waals surface area contributed by atoms with Crippen molar-refractivity contribution in [2.24, 2.45) is 28.7 Å². The van der Waals surface area contributed by atoms with Crippen LogP contribution in [0.25, 0.3) is 0 Å². The maximum Gasteiger partial charge on any atom is 0.233 e. The van der Waals surface area contributed by atoms with Crippen LogP contribution in [0.4, 0.5) is 0 Å². The number of aliphatic imine (C=N–C) groups is 1. The second-order valence-electron chi connectivity index (χ2n) is 7.55. The number of ether oxygens (including phenoxy) is 1. The van der Waals surface area contributed by atoms with Gasteiger partial charge < -0.3 is 20.3 Å². The Labute approximate surface area is 184 Å². The Balaban J connectivity index is 0.00000280. The molecule has 0 aromatic carbocycles. The lowest BCUT2D eigenvalue weighted by molar-refractivity contribution is -0.140. The minimum atomic E-state index is -0.118. The highest BCUT2D eigenvalue weighted by atomic mass is 127. The molecule has 9 heteroatoms. The number of likely N-dealkylation sites (tertiary alicyclic amines) is 1. The molecule has 2 fully saturated rings. The number of methoxy groups -OCH3 is 1. The maximum absolute atomic E-state index is 12.6. The first-order chi connectivity index (χ1) is 13.1. The van der Waals surface area contributed by atoms with E-state index in [0.29, 0.717) is 25.7 Å². The number of carbonyl (C=O) groups excluding carboxylic acids is 2. The van der Waals surface area contributed by atoms with Gasteiger partial charge in [-0.25, -0.2) is 0 Å². The van der Waals surface area contributed by atoms with E-state index in [4.69, 9.17) is 4.74 Å². The lowest BCUT2D eigenvalue weighted by Gasteiger charge is -2.20. The van der Waals surface area contributed by atoms with Crippen molar-refractivity contribution < 1.29 is 14.3 Å². The molecular formula is C19H32IN5O3. The topological polar surface area (TPSA) is 86.3 Å². The number of hydrogen-bond donors (Lipinski definition) is 2. The number of rotatable bonds is 9. The van der Waals surface area contributed by atoms with Gasteiger partial charge in [0.05, 0.1) is 18.4 Å². The van der Waals surface area contributed by atoms with Gasteiger partial charge in [0.25, 0.3) is 0 Å². The summed E-state index contributed by atoms with van der Waals surface area (Å²) < 4.78 is 5.06. The van der Waals surface area contributed by atoms with Crippen molar-refractivity contribution >= 4 is 41.8 Å². The molecule has 158 valence electrons. The van der Waals surface area contributed by atoms with Crippen LogP contribution in [0, 0.1) is 23.7 Å². The van der Waals surface area contributed by atoms with Crippen LogP contribution in [0.1, 0.15) is 6.42 Å². The molecule has 2 amide bonds. The summed E-state index contributed by atoms with van der Waals surface area (Å²) in [5.74, 6) is 0.979. The fraction of sp³-hybridized carbons (Fsp3) is 0.737. The Hall–Kier alpha value is -1.20. The van der Waals surface area contributed by atoms with Crippen molar-refractivity contribution in [2.45, 2.75) is 6.42 Å². The molecule has 0 aromatic rings. The molecule has 1 aliphatic heterocycles. The molecule has 8 nitrogen and oxygen atoms in total. The highest BCUT2D eigenvalue weighted by Crippen LogP contribution is 2.52. The standard InChI is InChI=1S/C19H31N5O3.HI/c1-20-19(21-6-8-23(2)10-11-27-3)22-7-9-24-17(25)15-13-4-5-14(12-13)16(15)18(24)26;/h4-5,13-16H,6-12H2,1-3H3,(H2,20,21,22);1H. The second kappa shape index (κ2) is 10.5. The number of nitrogens with zero attached hydrogens (tertiary/aromatic N) is 3. The van der Waals surface area contributed by atoms with Crippen molar-refractivity contribution in [2.75, 3.05) is 60.5 Å². The van der Waals surface area contributed by atoms with E-state index in [0.717, 1.165) is 26.1 Å². The Morgan fingerprint density at radius 2 is 1.79 bits per heavy atom. The van der Waals surface area contributed by atoms with Gasteiger partial charge in [-0.1, -0.05) is 12.2 Å². The van der Waals surface area contributed by atoms with Crippen molar-refractivity contribution in [3.05, 3.63) is 12.2 Å². The lowest BCUT2D eigenvalue weighted by atomic mass is 9.85. The van der Waals surface area contributed by atoms with E-state index in [1.807, 2.05) is 7.05 Å². The molecule has 3 aliphatic rings. The summed E-state index contributed by atoms with van der Waals surface area (Å²) in [6, 6.07) is 0. The lowest BCUT2D eigenvalue weighted by Crippen LogP contribution is -2.45. The molecule has 4 unspecified atom stereocenters. The van der Waals surface area contributed by atoms with Crippen LogP contribution in [0.3, 0.4) is 0 Å². The summed E-state index contributed by atoms with van der Waals surface area (Å²) in [6.45, 7) is 4.09. The molecule has 2 aliphatic carbocycles. The molecule has 1 saturated carbocycles. The van der Waals surface area contributed by atoms with E-state index < -0.39 is 0 Å². The van der Waals surface area contributed by atoms with Gasteiger partial charge in [-0.2, -0.15) is 0 Å². The predicted molar refractivity (Wildman–Crippen MR) is 119 cm³/mol. The molecule has 0 spiro atoms. The van der Waals surface area contributed by atoms with E-state index >= 15 is 0 Å². The fourth-order valence-electron chi connectivity index (χ4n) is 4.42. The predicted octanol–water partition coefficient (Wildman–Crippen LogP) is 0.155. The molecule has 4 atom stereocenters. The normalized spacial score (nSPS) is 28.1. The van der Waals surface area contributed by atoms with Crippen molar-refractivity contribution in [1.82, 2.24) is 20.4 Å².